The largest absolute Gasteiger partial charge is 0.492 e. The van der Waals surface area contributed by atoms with Crippen molar-refractivity contribution < 1.29 is 17.6 Å². The van der Waals surface area contributed by atoms with E-state index in [2.05, 4.69) is 16.6 Å². The third-order valence-corrected chi connectivity index (χ3v) is 6.49. The van der Waals surface area contributed by atoms with E-state index >= 15 is 0 Å². The van der Waals surface area contributed by atoms with Crippen molar-refractivity contribution >= 4 is 21.4 Å². The highest BCUT2D eigenvalue weighted by Crippen LogP contribution is 2.28. The molecule has 2 aromatic heterocycles. The first-order valence-electron chi connectivity index (χ1n) is 8.66. The fourth-order valence-electron chi connectivity index (χ4n) is 2.44. The maximum atomic E-state index is 12.2. The van der Waals surface area contributed by atoms with Crippen molar-refractivity contribution in [1.29, 1.82) is 0 Å². The predicted octanol–water partition coefficient (Wildman–Crippen LogP) is 3.77. The molecule has 0 saturated carbocycles. The summed E-state index contributed by atoms with van der Waals surface area (Å²) < 4.78 is 37.9. The summed E-state index contributed by atoms with van der Waals surface area (Å²) in [6.07, 6.45) is 2.54. The molecule has 3 aromatic rings. The maximum absolute atomic E-state index is 12.2. The van der Waals surface area contributed by atoms with E-state index in [0.29, 0.717) is 11.5 Å². The van der Waals surface area contributed by atoms with Crippen LogP contribution in [0.1, 0.15) is 23.1 Å². The number of hydrogen-bond donors (Lipinski definition) is 1. The highest BCUT2D eigenvalue weighted by atomic mass is 32.2. The monoisotopic (exact) mass is 406 g/mol. The van der Waals surface area contributed by atoms with E-state index in [-0.39, 0.29) is 18.9 Å². The molecule has 8 heteroatoms. The fourth-order valence-corrected chi connectivity index (χ4v) is 4.31. The third-order valence-electron chi connectivity index (χ3n) is 4.03. The molecule has 0 aliphatic carbocycles. The van der Waals surface area contributed by atoms with Crippen molar-refractivity contribution in [2.75, 3.05) is 12.4 Å². The molecule has 1 aromatic carbocycles. The summed E-state index contributed by atoms with van der Waals surface area (Å²) in [5.74, 6) is 1.24. The Morgan fingerprint density at radius 2 is 2.00 bits per heavy atom. The second kappa shape index (κ2) is 8.69. The number of thiazole rings is 1. The van der Waals surface area contributed by atoms with Gasteiger partial charge < -0.3 is 9.15 Å². The SMILES string of the molecule is CCc1ccc(OCCS(=O)(=O)NCc2sc(-c3ccco3)nc2C)cc1. The van der Waals surface area contributed by atoms with Crippen molar-refractivity contribution in [3.05, 3.63) is 58.8 Å². The minimum Gasteiger partial charge on any atom is -0.492 e. The molecule has 0 radical (unpaired) electrons. The molecule has 0 saturated heterocycles. The number of aromatic nitrogens is 1. The van der Waals surface area contributed by atoms with Crippen LogP contribution in [0.25, 0.3) is 10.8 Å². The Morgan fingerprint density at radius 3 is 2.67 bits per heavy atom. The Kier molecular flexibility index (Phi) is 6.30. The van der Waals surface area contributed by atoms with Crippen molar-refractivity contribution in [3.63, 3.8) is 0 Å². The van der Waals surface area contributed by atoms with E-state index in [1.807, 2.05) is 37.3 Å². The van der Waals surface area contributed by atoms with Gasteiger partial charge in [0.15, 0.2) is 10.8 Å². The Hall–Kier alpha value is -2.16. The lowest BCUT2D eigenvalue weighted by atomic mass is 10.2. The fraction of sp³-hybridized carbons (Fsp3) is 0.316. The number of rotatable bonds is 9. The summed E-state index contributed by atoms with van der Waals surface area (Å²) in [6.45, 7) is 4.24. The van der Waals surface area contributed by atoms with Gasteiger partial charge in [-0.05, 0) is 43.2 Å². The topological polar surface area (TPSA) is 81.4 Å². The van der Waals surface area contributed by atoms with Crippen LogP contribution in [0, 0.1) is 6.92 Å². The van der Waals surface area contributed by atoms with Crippen molar-refractivity contribution in [1.82, 2.24) is 9.71 Å². The molecule has 27 heavy (non-hydrogen) atoms. The Bertz CT molecular complexity index is 962. The molecule has 1 N–H and O–H groups in total. The van der Waals surface area contributed by atoms with Gasteiger partial charge >= 0.3 is 0 Å². The lowest BCUT2D eigenvalue weighted by Crippen LogP contribution is -2.28. The normalized spacial score (nSPS) is 11.6. The van der Waals surface area contributed by atoms with E-state index in [1.165, 1.54) is 16.9 Å². The van der Waals surface area contributed by atoms with Crippen LogP contribution in [0.5, 0.6) is 5.75 Å². The van der Waals surface area contributed by atoms with Crippen molar-refractivity contribution in [2.45, 2.75) is 26.8 Å². The lowest BCUT2D eigenvalue weighted by Gasteiger charge is -2.08. The minimum absolute atomic E-state index is 0.0973. The van der Waals surface area contributed by atoms with Gasteiger partial charge in [0.1, 0.15) is 12.4 Å². The molecule has 144 valence electrons. The van der Waals surface area contributed by atoms with Gasteiger partial charge in [-0.1, -0.05) is 19.1 Å². The van der Waals surface area contributed by atoms with Crippen LogP contribution in [0.4, 0.5) is 0 Å². The Morgan fingerprint density at radius 1 is 1.22 bits per heavy atom. The summed E-state index contributed by atoms with van der Waals surface area (Å²) in [7, 11) is -3.44. The first kappa shape index (κ1) is 19.6. The van der Waals surface area contributed by atoms with Crippen molar-refractivity contribution in [3.8, 4) is 16.5 Å². The van der Waals surface area contributed by atoms with Gasteiger partial charge in [0.2, 0.25) is 10.0 Å². The number of ether oxygens (including phenoxy) is 1. The van der Waals surface area contributed by atoms with Gasteiger partial charge in [0.25, 0.3) is 0 Å². The quantitative estimate of drug-likeness (QED) is 0.585. The summed E-state index contributed by atoms with van der Waals surface area (Å²) in [5, 5.41) is 0.741. The number of benzene rings is 1. The number of aryl methyl sites for hydroxylation is 2. The average Bonchev–Trinajstić information content (AvgIpc) is 3.30. The molecule has 0 atom stereocenters. The standard InChI is InChI=1S/C19H22N2O4S2/c1-3-15-6-8-16(9-7-15)24-11-12-27(22,23)20-13-18-14(2)21-19(26-18)17-5-4-10-25-17/h4-10,20H,3,11-13H2,1-2H3. The summed E-state index contributed by atoms with van der Waals surface area (Å²) in [6, 6.07) is 11.3. The minimum atomic E-state index is -3.44. The molecule has 3 rings (SSSR count). The lowest BCUT2D eigenvalue weighted by molar-refractivity contribution is 0.340. The average molecular weight is 407 g/mol. The van der Waals surface area contributed by atoms with Gasteiger partial charge in [0.05, 0.1) is 17.7 Å². The molecular weight excluding hydrogens is 384 g/mol. The number of furan rings is 1. The van der Waals surface area contributed by atoms with E-state index in [9.17, 15) is 8.42 Å². The van der Waals surface area contributed by atoms with E-state index in [1.54, 1.807) is 12.3 Å². The highest BCUT2D eigenvalue weighted by molar-refractivity contribution is 7.89. The zero-order valence-electron chi connectivity index (χ0n) is 15.3. The Balaban J connectivity index is 1.51. The van der Waals surface area contributed by atoms with Crippen LogP contribution < -0.4 is 9.46 Å². The van der Waals surface area contributed by atoms with Crippen LogP contribution in [-0.2, 0) is 23.0 Å². The first-order valence-corrected chi connectivity index (χ1v) is 11.1. The third kappa shape index (κ3) is 5.41. The predicted molar refractivity (Wildman–Crippen MR) is 106 cm³/mol. The van der Waals surface area contributed by atoms with E-state index in [4.69, 9.17) is 9.15 Å². The number of nitrogens with zero attached hydrogens (tertiary/aromatic N) is 1. The molecule has 2 heterocycles. The molecule has 0 bridgehead atoms. The Labute approximate surface area is 163 Å². The molecule has 0 fully saturated rings. The number of hydrogen-bond acceptors (Lipinski definition) is 6. The molecular formula is C19H22N2O4S2. The van der Waals surface area contributed by atoms with Gasteiger partial charge in [-0.25, -0.2) is 18.1 Å². The van der Waals surface area contributed by atoms with Crippen molar-refractivity contribution in [2.24, 2.45) is 0 Å². The second-order valence-electron chi connectivity index (χ2n) is 5.99. The van der Waals surface area contributed by atoms with Gasteiger partial charge in [0, 0.05) is 11.4 Å². The summed E-state index contributed by atoms with van der Waals surface area (Å²) in [5.41, 5.74) is 2.01. The van der Waals surface area contributed by atoms with Crippen LogP contribution in [0.3, 0.4) is 0 Å². The van der Waals surface area contributed by atoms with Crippen LogP contribution in [0.15, 0.2) is 47.1 Å². The highest BCUT2D eigenvalue weighted by Gasteiger charge is 2.15. The van der Waals surface area contributed by atoms with Gasteiger partial charge in [-0.3, -0.25) is 0 Å². The number of nitrogens with one attached hydrogen (secondary N) is 1. The molecule has 0 spiro atoms. The number of sulfonamides is 1. The van der Waals surface area contributed by atoms with Crippen LogP contribution in [0.2, 0.25) is 0 Å². The molecule has 0 aliphatic heterocycles. The van der Waals surface area contributed by atoms with Crippen LogP contribution >= 0.6 is 11.3 Å². The van der Waals surface area contributed by atoms with E-state index < -0.39 is 10.0 Å². The van der Waals surface area contributed by atoms with Crippen LogP contribution in [-0.4, -0.2) is 25.8 Å². The summed E-state index contributed by atoms with van der Waals surface area (Å²) in [4.78, 5) is 5.30. The molecule has 0 aliphatic rings. The maximum Gasteiger partial charge on any atom is 0.215 e. The van der Waals surface area contributed by atoms with E-state index in [0.717, 1.165) is 22.0 Å². The zero-order chi connectivity index (χ0) is 19.3. The molecule has 0 amide bonds. The molecule has 6 nitrogen and oxygen atoms in total. The molecule has 0 unspecified atom stereocenters. The zero-order valence-corrected chi connectivity index (χ0v) is 16.9. The van der Waals surface area contributed by atoms with Gasteiger partial charge in [-0.15, -0.1) is 11.3 Å². The first-order chi connectivity index (χ1) is 13.0. The van der Waals surface area contributed by atoms with Gasteiger partial charge in [-0.2, -0.15) is 0 Å². The smallest absolute Gasteiger partial charge is 0.215 e. The summed E-state index contributed by atoms with van der Waals surface area (Å²) >= 11 is 1.42. The second-order valence-corrected chi connectivity index (χ2v) is 9.00.